The van der Waals surface area contributed by atoms with Crippen LogP contribution < -0.4 is 10.5 Å². The molecular formula is C13H16N2OS. The Hall–Kier alpha value is -1.39. The van der Waals surface area contributed by atoms with E-state index in [-0.39, 0.29) is 6.04 Å². The fourth-order valence-corrected chi connectivity index (χ4v) is 2.11. The van der Waals surface area contributed by atoms with Crippen molar-refractivity contribution in [2.24, 2.45) is 5.73 Å². The Labute approximate surface area is 105 Å². The third-order valence-corrected chi connectivity index (χ3v) is 3.36. The molecule has 0 aliphatic heterocycles. The van der Waals surface area contributed by atoms with E-state index in [4.69, 9.17) is 10.5 Å². The maximum absolute atomic E-state index is 6.05. The number of nitrogens with two attached hydrogens (primary N) is 1. The minimum absolute atomic E-state index is 0.0349. The van der Waals surface area contributed by atoms with Crippen molar-refractivity contribution in [2.75, 3.05) is 0 Å². The average Bonchev–Trinajstić information content (AvgIpc) is 2.89. The molecule has 0 fully saturated rings. The van der Waals surface area contributed by atoms with Gasteiger partial charge >= 0.3 is 0 Å². The van der Waals surface area contributed by atoms with Crippen molar-refractivity contribution in [1.82, 2.24) is 4.98 Å². The van der Waals surface area contributed by atoms with Crippen LogP contribution in [0.4, 0.5) is 0 Å². The van der Waals surface area contributed by atoms with Gasteiger partial charge in [-0.25, -0.2) is 0 Å². The molecule has 1 aromatic carbocycles. The van der Waals surface area contributed by atoms with Crippen molar-refractivity contribution in [3.63, 3.8) is 0 Å². The van der Waals surface area contributed by atoms with E-state index in [1.165, 1.54) is 0 Å². The van der Waals surface area contributed by atoms with Crippen LogP contribution in [0.3, 0.4) is 0 Å². The summed E-state index contributed by atoms with van der Waals surface area (Å²) in [7, 11) is 0. The number of hydrogen-bond acceptors (Lipinski definition) is 4. The summed E-state index contributed by atoms with van der Waals surface area (Å²) in [6.45, 7) is 2.63. The van der Waals surface area contributed by atoms with Crippen LogP contribution >= 0.6 is 11.3 Å². The normalized spacial score (nSPS) is 12.4. The van der Waals surface area contributed by atoms with Crippen LogP contribution in [0.15, 0.2) is 36.0 Å². The van der Waals surface area contributed by atoms with Crippen molar-refractivity contribution in [3.05, 3.63) is 46.4 Å². The molecule has 0 aliphatic carbocycles. The largest absolute Gasteiger partial charge is 0.488 e. The van der Waals surface area contributed by atoms with Gasteiger partial charge in [0.2, 0.25) is 0 Å². The molecule has 3 nitrogen and oxygen atoms in total. The average molecular weight is 248 g/mol. The van der Waals surface area contributed by atoms with Gasteiger partial charge < -0.3 is 10.5 Å². The molecule has 0 aliphatic rings. The number of benzene rings is 1. The van der Waals surface area contributed by atoms with E-state index in [2.05, 4.69) is 11.9 Å². The van der Waals surface area contributed by atoms with Gasteiger partial charge in [-0.05, 0) is 12.5 Å². The zero-order valence-electron chi connectivity index (χ0n) is 9.80. The van der Waals surface area contributed by atoms with E-state index in [9.17, 15) is 0 Å². The SMILES string of the molecule is CCC(N)c1ccccc1OCc1cncs1. The van der Waals surface area contributed by atoms with Crippen LogP contribution in [0.5, 0.6) is 5.75 Å². The van der Waals surface area contributed by atoms with Crippen molar-refractivity contribution in [1.29, 1.82) is 0 Å². The molecule has 0 saturated carbocycles. The summed E-state index contributed by atoms with van der Waals surface area (Å²) < 4.78 is 5.79. The molecule has 0 spiro atoms. The van der Waals surface area contributed by atoms with Gasteiger partial charge in [-0.15, -0.1) is 11.3 Å². The number of hydrogen-bond donors (Lipinski definition) is 1. The minimum atomic E-state index is 0.0349. The Morgan fingerprint density at radius 3 is 2.94 bits per heavy atom. The maximum Gasteiger partial charge on any atom is 0.124 e. The first kappa shape index (κ1) is 12.1. The van der Waals surface area contributed by atoms with Crippen molar-refractivity contribution < 1.29 is 4.74 Å². The third-order valence-electron chi connectivity index (χ3n) is 2.61. The van der Waals surface area contributed by atoms with Gasteiger partial charge in [0.25, 0.3) is 0 Å². The topological polar surface area (TPSA) is 48.1 Å². The van der Waals surface area contributed by atoms with Crippen LogP contribution in [0, 0.1) is 0 Å². The number of ether oxygens (including phenoxy) is 1. The lowest BCUT2D eigenvalue weighted by Gasteiger charge is -2.15. The predicted molar refractivity (Wildman–Crippen MR) is 70.1 cm³/mol. The second-order valence-corrected chi connectivity index (χ2v) is 4.78. The molecule has 90 valence electrons. The molecule has 1 atom stereocenters. The van der Waals surface area contributed by atoms with Crippen molar-refractivity contribution in [3.8, 4) is 5.75 Å². The second-order valence-electron chi connectivity index (χ2n) is 3.81. The Kier molecular flexibility index (Phi) is 4.12. The number of nitrogens with zero attached hydrogens (tertiary/aromatic N) is 1. The number of para-hydroxylation sites is 1. The van der Waals surface area contributed by atoms with Crippen LogP contribution in [0.25, 0.3) is 0 Å². The highest BCUT2D eigenvalue weighted by molar-refractivity contribution is 7.09. The van der Waals surface area contributed by atoms with E-state index in [1.807, 2.05) is 36.0 Å². The van der Waals surface area contributed by atoms with Crippen LogP contribution in [0.1, 0.15) is 29.8 Å². The second kappa shape index (κ2) is 5.80. The van der Waals surface area contributed by atoms with Gasteiger partial charge in [0.15, 0.2) is 0 Å². The zero-order valence-corrected chi connectivity index (χ0v) is 10.6. The van der Waals surface area contributed by atoms with E-state index >= 15 is 0 Å². The van der Waals surface area contributed by atoms with Gasteiger partial charge in [-0.3, -0.25) is 4.98 Å². The number of rotatable bonds is 5. The van der Waals surface area contributed by atoms with Gasteiger partial charge in [0, 0.05) is 17.8 Å². The summed E-state index contributed by atoms with van der Waals surface area (Å²) in [5, 5.41) is 0. The molecular weight excluding hydrogens is 232 g/mol. The molecule has 1 heterocycles. The molecule has 2 N–H and O–H groups in total. The fraction of sp³-hybridized carbons (Fsp3) is 0.308. The molecule has 0 radical (unpaired) electrons. The summed E-state index contributed by atoms with van der Waals surface area (Å²) in [6.07, 6.45) is 2.73. The Bertz CT molecular complexity index is 456. The molecule has 4 heteroatoms. The summed E-state index contributed by atoms with van der Waals surface area (Å²) >= 11 is 1.59. The fourth-order valence-electron chi connectivity index (χ4n) is 1.60. The number of aromatic nitrogens is 1. The van der Waals surface area contributed by atoms with Gasteiger partial charge in [-0.2, -0.15) is 0 Å². The first-order chi connectivity index (χ1) is 8.31. The summed E-state index contributed by atoms with van der Waals surface area (Å²) in [5.41, 5.74) is 8.93. The van der Waals surface area contributed by atoms with E-state index in [0.29, 0.717) is 6.61 Å². The standard InChI is InChI=1S/C13H16N2OS/c1-2-12(14)11-5-3-4-6-13(11)16-8-10-7-15-9-17-10/h3-7,9,12H,2,8,14H2,1H3. The van der Waals surface area contributed by atoms with Crippen LogP contribution in [0.2, 0.25) is 0 Å². The Morgan fingerprint density at radius 1 is 1.41 bits per heavy atom. The maximum atomic E-state index is 6.05. The Balaban J connectivity index is 2.09. The molecule has 0 amide bonds. The molecule has 1 aromatic heterocycles. The number of thiazole rings is 1. The van der Waals surface area contributed by atoms with Crippen molar-refractivity contribution >= 4 is 11.3 Å². The predicted octanol–water partition coefficient (Wildman–Crippen LogP) is 3.13. The molecule has 2 rings (SSSR count). The lowest BCUT2D eigenvalue weighted by Crippen LogP contribution is -2.10. The molecule has 2 aromatic rings. The lowest BCUT2D eigenvalue weighted by atomic mass is 10.0. The highest BCUT2D eigenvalue weighted by Gasteiger charge is 2.09. The Morgan fingerprint density at radius 2 is 2.24 bits per heavy atom. The molecule has 0 bridgehead atoms. The highest BCUT2D eigenvalue weighted by Crippen LogP contribution is 2.26. The van der Waals surface area contributed by atoms with Crippen LogP contribution in [-0.4, -0.2) is 4.98 Å². The zero-order chi connectivity index (χ0) is 12.1. The summed E-state index contributed by atoms with van der Waals surface area (Å²) in [6, 6.07) is 7.98. The molecule has 1 unspecified atom stereocenters. The van der Waals surface area contributed by atoms with Gasteiger partial charge in [0.05, 0.1) is 10.4 Å². The highest BCUT2D eigenvalue weighted by atomic mass is 32.1. The smallest absolute Gasteiger partial charge is 0.124 e. The van der Waals surface area contributed by atoms with Crippen molar-refractivity contribution in [2.45, 2.75) is 26.0 Å². The van der Waals surface area contributed by atoms with E-state index in [1.54, 1.807) is 11.3 Å². The molecule has 0 saturated heterocycles. The summed E-state index contributed by atoms with van der Waals surface area (Å²) in [4.78, 5) is 5.14. The quantitative estimate of drug-likeness (QED) is 0.884. The lowest BCUT2D eigenvalue weighted by molar-refractivity contribution is 0.304. The monoisotopic (exact) mass is 248 g/mol. The van der Waals surface area contributed by atoms with Gasteiger partial charge in [0.1, 0.15) is 12.4 Å². The third kappa shape index (κ3) is 3.05. The molecule has 17 heavy (non-hydrogen) atoms. The first-order valence-corrected chi connectivity index (χ1v) is 6.54. The van der Waals surface area contributed by atoms with Crippen LogP contribution in [-0.2, 0) is 6.61 Å². The summed E-state index contributed by atoms with van der Waals surface area (Å²) in [5.74, 6) is 0.871. The van der Waals surface area contributed by atoms with E-state index in [0.717, 1.165) is 22.6 Å². The van der Waals surface area contributed by atoms with E-state index < -0.39 is 0 Å². The first-order valence-electron chi connectivity index (χ1n) is 5.66. The van der Waals surface area contributed by atoms with Gasteiger partial charge in [-0.1, -0.05) is 25.1 Å². The minimum Gasteiger partial charge on any atom is -0.488 e.